The summed E-state index contributed by atoms with van der Waals surface area (Å²) in [6, 6.07) is 4.54. The summed E-state index contributed by atoms with van der Waals surface area (Å²) in [6.07, 6.45) is 6.61. The van der Waals surface area contributed by atoms with Gasteiger partial charge in [0.25, 0.3) is 0 Å². The van der Waals surface area contributed by atoms with Crippen LogP contribution >= 0.6 is 0 Å². The van der Waals surface area contributed by atoms with Crippen LogP contribution in [0.25, 0.3) is 0 Å². The molecule has 25 heavy (non-hydrogen) atoms. The number of hydrogen-bond acceptors (Lipinski definition) is 5. The van der Waals surface area contributed by atoms with E-state index in [1.165, 1.54) is 0 Å². The number of aromatic nitrogens is 1. The minimum Gasteiger partial charge on any atom is -0.380 e. The van der Waals surface area contributed by atoms with Gasteiger partial charge < -0.3 is 9.64 Å². The largest absolute Gasteiger partial charge is 0.380 e. The number of rotatable bonds is 3. The quantitative estimate of drug-likeness (QED) is 0.818. The predicted molar refractivity (Wildman–Crippen MR) is 95.0 cm³/mol. The highest BCUT2D eigenvalue weighted by Crippen LogP contribution is 2.34. The second-order valence-corrected chi connectivity index (χ2v) is 7.59. The third-order valence-corrected chi connectivity index (χ3v) is 6.26. The third-order valence-electron chi connectivity index (χ3n) is 6.26. The first-order valence-corrected chi connectivity index (χ1v) is 9.40. The molecule has 4 heterocycles. The maximum Gasteiger partial charge on any atom is 0.243 e. The van der Waals surface area contributed by atoms with Crippen LogP contribution in [0.1, 0.15) is 24.8 Å². The maximum absolute atomic E-state index is 13.4. The summed E-state index contributed by atoms with van der Waals surface area (Å²) in [4.78, 5) is 24.4. The molecule has 1 atom stereocenters. The number of likely N-dealkylation sites (N-methyl/N-ethyl adjacent to an activating group) is 1. The molecule has 4 rings (SSSR count). The molecule has 3 aliphatic rings. The van der Waals surface area contributed by atoms with Gasteiger partial charge in [-0.3, -0.25) is 19.6 Å². The number of carbonyl (C=O) groups excluding carboxylic acids is 1. The number of ether oxygens (including phenoxy) is 1. The fourth-order valence-electron chi connectivity index (χ4n) is 4.57. The van der Waals surface area contributed by atoms with E-state index in [1.54, 1.807) is 6.20 Å². The van der Waals surface area contributed by atoms with E-state index >= 15 is 0 Å². The molecule has 6 heteroatoms. The number of carbonyl (C=O) groups is 1. The van der Waals surface area contributed by atoms with Crippen LogP contribution in [0, 0.1) is 0 Å². The molecule has 1 spiro atoms. The molecule has 0 N–H and O–H groups in total. The zero-order valence-electron chi connectivity index (χ0n) is 15.1. The van der Waals surface area contributed by atoms with Crippen molar-refractivity contribution < 1.29 is 9.53 Å². The van der Waals surface area contributed by atoms with Crippen molar-refractivity contribution >= 4 is 5.91 Å². The molecule has 1 amide bonds. The van der Waals surface area contributed by atoms with E-state index < -0.39 is 0 Å². The van der Waals surface area contributed by atoms with Crippen molar-refractivity contribution in [1.82, 2.24) is 19.7 Å². The second-order valence-electron chi connectivity index (χ2n) is 7.59. The molecule has 3 saturated heterocycles. The molecule has 0 radical (unpaired) electrons. The molecule has 0 aromatic carbocycles. The summed E-state index contributed by atoms with van der Waals surface area (Å²) in [6.45, 7) is 6.12. The molecule has 3 aliphatic heterocycles. The molecule has 136 valence electrons. The van der Waals surface area contributed by atoms with Gasteiger partial charge in [-0.25, -0.2) is 0 Å². The molecular weight excluding hydrogens is 316 g/mol. The number of likely N-dealkylation sites (tertiary alicyclic amines) is 1. The number of piperidine rings is 1. The first-order valence-electron chi connectivity index (χ1n) is 9.40. The van der Waals surface area contributed by atoms with E-state index in [2.05, 4.69) is 21.8 Å². The van der Waals surface area contributed by atoms with Gasteiger partial charge in [0.05, 0.1) is 6.61 Å². The van der Waals surface area contributed by atoms with E-state index in [9.17, 15) is 4.79 Å². The van der Waals surface area contributed by atoms with Crippen molar-refractivity contribution in [2.45, 2.75) is 37.4 Å². The molecule has 1 aromatic rings. The lowest BCUT2D eigenvalue weighted by Crippen LogP contribution is -2.68. The van der Waals surface area contributed by atoms with Crippen LogP contribution < -0.4 is 0 Å². The molecule has 0 bridgehead atoms. The smallest absolute Gasteiger partial charge is 0.243 e. The van der Waals surface area contributed by atoms with Gasteiger partial charge in [0, 0.05) is 57.8 Å². The Kier molecular flexibility index (Phi) is 4.75. The first kappa shape index (κ1) is 16.9. The van der Waals surface area contributed by atoms with Gasteiger partial charge in [-0.05, 0) is 37.9 Å². The van der Waals surface area contributed by atoms with E-state index in [1.807, 2.05) is 23.2 Å². The van der Waals surface area contributed by atoms with Gasteiger partial charge in [0.1, 0.15) is 5.54 Å². The van der Waals surface area contributed by atoms with Gasteiger partial charge in [0.15, 0.2) is 0 Å². The summed E-state index contributed by atoms with van der Waals surface area (Å²) in [7, 11) is 2.12. The molecular formula is C19H28N4O2. The van der Waals surface area contributed by atoms with E-state index in [-0.39, 0.29) is 5.54 Å². The normalized spacial score (nSPS) is 28.0. The summed E-state index contributed by atoms with van der Waals surface area (Å²) >= 11 is 0. The minimum atomic E-state index is -0.323. The number of pyridine rings is 1. The van der Waals surface area contributed by atoms with Crippen LogP contribution in [0.4, 0.5) is 0 Å². The van der Waals surface area contributed by atoms with Crippen molar-refractivity contribution in [3.8, 4) is 0 Å². The van der Waals surface area contributed by atoms with Crippen LogP contribution in [0.5, 0.6) is 0 Å². The molecule has 6 nitrogen and oxygen atoms in total. The van der Waals surface area contributed by atoms with E-state index in [4.69, 9.17) is 4.74 Å². The fraction of sp³-hybridized carbons (Fsp3) is 0.684. The van der Waals surface area contributed by atoms with Gasteiger partial charge in [-0.2, -0.15) is 0 Å². The number of hydrogen-bond donors (Lipinski definition) is 0. The Morgan fingerprint density at radius 3 is 2.80 bits per heavy atom. The number of amides is 1. The molecule has 3 fully saturated rings. The van der Waals surface area contributed by atoms with Gasteiger partial charge >= 0.3 is 0 Å². The van der Waals surface area contributed by atoms with Crippen LogP contribution in [0.15, 0.2) is 24.5 Å². The summed E-state index contributed by atoms with van der Waals surface area (Å²) < 4.78 is 5.54. The zero-order chi connectivity index (χ0) is 17.3. The first-order chi connectivity index (χ1) is 12.2. The average Bonchev–Trinajstić information content (AvgIpc) is 3.19. The average molecular weight is 344 g/mol. The van der Waals surface area contributed by atoms with Crippen molar-refractivity contribution in [3.05, 3.63) is 30.1 Å². The SMILES string of the molecule is CN1CCN(Cc2cccnc2)C(=O)C12CCN(C1CCOC1)CC2. The third kappa shape index (κ3) is 3.18. The van der Waals surface area contributed by atoms with Crippen LogP contribution in [-0.4, -0.2) is 83.6 Å². The lowest BCUT2D eigenvalue weighted by molar-refractivity contribution is -0.155. The van der Waals surface area contributed by atoms with Crippen molar-refractivity contribution in [2.75, 3.05) is 46.4 Å². The highest BCUT2D eigenvalue weighted by molar-refractivity contribution is 5.87. The van der Waals surface area contributed by atoms with Crippen LogP contribution in [-0.2, 0) is 16.1 Å². The maximum atomic E-state index is 13.4. The zero-order valence-corrected chi connectivity index (χ0v) is 15.1. The Bertz CT molecular complexity index is 595. The van der Waals surface area contributed by atoms with Crippen molar-refractivity contribution in [3.63, 3.8) is 0 Å². The van der Waals surface area contributed by atoms with Gasteiger partial charge in [-0.15, -0.1) is 0 Å². The standard InChI is InChI=1S/C19H28N4O2/c1-21-10-11-23(14-16-3-2-7-20-13-16)18(24)19(21)5-8-22(9-6-19)17-4-12-25-15-17/h2-3,7,13,17H,4-6,8-12,14-15H2,1H3. The topological polar surface area (TPSA) is 48.9 Å². The van der Waals surface area contributed by atoms with Crippen molar-refractivity contribution in [2.24, 2.45) is 0 Å². The van der Waals surface area contributed by atoms with E-state index in [0.29, 0.717) is 18.5 Å². The Morgan fingerprint density at radius 1 is 1.28 bits per heavy atom. The Labute approximate surface area is 149 Å². The Morgan fingerprint density at radius 2 is 2.12 bits per heavy atom. The minimum absolute atomic E-state index is 0.299. The van der Waals surface area contributed by atoms with Crippen molar-refractivity contribution in [1.29, 1.82) is 0 Å². The van der Waals surface area contributed by atoms with E-state index in [0.717, 1.165) is 64.2 Å². The second kappa shape index (κ2) is 7.02. The fourth-order valence-corrected chi connectivity index (χ4v) is 4.57. The summed E-state index contributed by atoms with van der Waals surface area (Å²) in [5.41, 5.74) is 0.784. The van der Waals surface area contributed by atoms with Gasteiger partial charge in [-0.1, -0.05) is 6.07 Å². The monoisotopic (exact) mass is 344 g/mol. The highest BCUT2D eigenvalue weighted by Gasteiger charge is 2.49. The molecule has 0 aliphatic carbocycles. The molecule has 1 unspecified atom stereocenters. The Balaban J connectivity index is 1.45. The van der Waals surface area contributed by atoms with Crippen LogP contribution in [0.3, 0.4) is 0 Å². The Hall–Kier alpha value is -1.50. The van der Waals surface area contributed by atoms with Gasteiger partial charge in [0.2, 0.25) is 5.91 Å². The highest BCUT2D eigenvalue weighted by atomic mass is 16.5. The summed E-state index contributed by atoms with van der Waals surface area (Å²) in [5.74, 6) is 0.299. The molecule has 0 saturated carbocycles. The molecule has 1 aromatic heterocycles. The number of nitrogens with zero attached hydrogens (tertiary/aromatic N) is 4. The summed E-state index contributed by atoms with van der Waals surface area (Å²) in [5, 5.41) is 0. The number of piperazine rings is 1. The van der Waals surface area contributed by atoms with Crippen LogP contribution in [0.2, 0.25) is 0 Å². The lowest BCUT2D eigenvalue weighted by atomic mass is 9.82. The lowest BCUT2D eigenvalue weighted by Gasteiger charge is -2.52. The predicted octanol–water partition coefficient (Wildman–Crippen LogP) is 0.979.